The zero-order valence-electron chi connectivity index (χ0n) is 14.4. The third kappa shape index (κ3) is 3.32. The van der Waals surface area contributed by atoms with Gasteiger partial charge in [0.1, 0.15) is 5.01 Å². The third-order valence-electron chi connectivity index (χ3n) is 4.66. The molecule has 0 saturated carbocycles. The fourth-order valence-corrected chi connectivity index (χ4v) is 6.06. The first-order valence-electron chi connectivity index (χ1n) is 8.02. The first kappa shape index (κ1) is 17.3. The highest BCUT2D eigenvalue weighted by atomic mass is 32.2. The van der Waals surface area contributed by atoms with Gasteiger partial charge in [-0.2, -0.15) is 11.8 Å². The standard InChI is InChI=1S/C17H30N2S2/c1-7-9-18-17(12-20-10-8-16(17,5)6)14-19-13(11-21-14)15(2,3)4/h11,18H,7-10,12H2,1-6H3. The molecule has 1 aromatic heterocycles. The van der Waals surface area contributed by atoms with Gasteiger partial charge in [-0.3, -0.25) is 0 Å². The summed E-state index contributed by atoms with van der Waals surface area (Å²) in [6, 6.07) is 0. The van der Waals surface area contributed by atoms with Gasteiger partial charge < -0.3 is 5.32 Å². The molecule has 21 heavy (non-hydrogen) atoms. The van der Waals surface area contributed by atoms with E-state index >= 15 is 0 Å². The van der Waals surface area contributed by atoms with Crippen LogP contribution in [0.4, 0.5) is 0 Å². The SMILES string of the molecule is CCCNC1(c2nc(C(C)(C)C)cs2)CSCCC1(C)C. The molecule has 1 unspecified atom stereocenters. The molecule has 2 rings (SSSR count). The smallest absolute Gasteiger partial charge is 0.114 e. The summed E-state index contributed by atoms with van der Waals surface area (Å²) in [7, 11) is 0. The van der Waals surface area contributed by atoms with Gasteiger partial charge in [0.25, 0.3) is 0 Å². The van der Waals surface area contributed by atoms with Crippen LogP contribution in [-0.2, 0) is 11.0 Å². The van der Waals surface area contributed by atoms with Gasteiger partial charge in [0.05, 0.1) is 11.2 Å². The van der Waals surface area contributed by atoms with Crippen LogP contribution in [0.25, 0.3) is 0 Å². The third-order valence-corrected chi connectivity index (χ3v) is 6.79. The van der Waals surface area contributed by atoms with Crippen LogP contribution in [0, 0.1) is 5.41 Å². The monoisotopic (exact) mass is 326 g/mol. The lowest BCUT2D eigenvalue weighted by Gasteiger charge is -2.49. The normalized spacial score (nSPS) is 26.0. The summed E-state index contributed by atoms with van der Waals surface area (Å²) in [6.07, 6.45) is 2.42. The molecular formula is C17H30N2S2. The largest absolute Gasteiger partial charge is 0.304 e. The second-order valence-electron chi connectivity index (χ2n) is 7.81. The lowest BCUT2D eigenvalue weighted by atomic mass is 9.71. The van der Waals surface area contributed by atoms with Crippen molar-refractivity contribution >= 4 is 23.1 Å². The minimum atomic E-state index is 0.0279. The summed E-state index contributed by atoms with van der Waals surface area (Å²) in [6.45, 7) is 14.9. The molecule has 120 valence electrons. The van der Waals surface area contributed by atoms with E-state index in [-0.39, 0.29) is 16.4 Å². The number of thiazole rings is 1. The number of rotatable bonds is 4. The molecule has 0 bridgehead atoms. The minimum absolute atomic E-state index is 0.0279. The van der Waals surface area contributed by atoms with Crippen LogP contribution >= 0.6 is 23.1 Å². The van der Waals surface area contributed by atoms with Gasteiger partial charge in [0, 0.05) is 16.5 Å². The van der Waals surface area contributed by atoms with E-state index in [1.165, 1.54) is 29.3 Å². The van der Waals surface area contributed by atoms with Crippen LogP contribution in [0.5, 0.6) is 0 Å². The maximum Gasteiger partial charge on any atom is 0.114 e. The van der Waals surface area contributed by atoms with Crippen LogP contribution < -0.4 is 5.32 Å². The van der Waals surface area contributed by atoms with Gasteiger partial charge >= 0.3 is 0 Å². The van der Waals surface area contributed by atoms with E-state index in [2.05, 4.69) is 64.0 Å². The number of aromatic nitrogens is 1. The highest BCUT2D eigenvalue weighted by molar-refractivity contribution is 7.99. The van der Waals surface area contributed by atoms with E-state index in [1.54, 1.807) is 0 Å². The molecule has 2 nitrogen and oxygen atoms in total. The minimum Gasteiger partial charge on any atom is -0.304 e. The molecule has 1 aliphatic heterocycles. The molecule has 1 atom stereocenters. The second kappa shape index (κ2) is 6.21. The molecule has 0 spiro atoms. The van der Waals surface area contributed by atoms with Gasteiger partial charge in [-0.05, 0) is 30.6 Å². The molecule has 1 fully saturated rings. The van der Waals surface area contributed by atoms with E-state index in [0.29, 0.717) is 0 Å². The fraction of sp³-hybridized carbons (Fsp3) is 0.824. The van der Waals surface area contributed by atoms with Crippen molar-refractivity contribution in [3.8, 4) is 0 Å². The highest BCUT2D eigenvalue weighted by Crippen LogP contribution is 2.49. The van der Waals surface area contributed by atoms with Gasteiger partial charge in [0.15, 0.2) is 0 Å². The van der Waals surface area contributed by atoms with Crippen LogP contribution in [0.2, 0.25) is 0 Å². The number of nitrogens with zero attached hydrogens (tertiary/aromatic N) is 1. The Morgan fingerprint density at radius 2 is 2.05 bits per heavy atom. The second-order valence-corrected chi connectivity index (χ2v) is 9.77. The quantitative estimate of drug-likeness (QED) is 0.860. The van der Waals surface area contributed by atoms with Gasteiger partial charge in [-0.1, -0.05) is 41.5 Å². The van der Waals surface area contributed by atoms with E-state index < -0.39 is 0 Å². The molecule has 1 aromatic rings. The summed E-state index contributed by atoms with van der Waals surface area (Å²) < 4.78 is 0. The highest BCUT2D eigenvalue weighted by Gasteiger charge is 2.50. The van der Waals surface area contributed by atoms with Crippen LogP contribution in [0.15, 0.2) is 5.38 Å². The maximum absolute atomic E-state index is 5.07. The Labute approximate surface area is 138 Å². The van der Waals surface area contributed by atoms with E-state index in [1.807, 2.05) is 11.3 Å². The molecule has 0 aliphatic carbocycles. The van der Waals surface area contributed by atoms with Crippen molar-refractivity contribution in [3.05, 3.63) is 16.1 Å². The van der Waals surface area contributed by atoms with E-state index in [4.69, 9.17) is 4.98 Å². The molecule has 2 heterocycles. The number of thioether (sulfide) groups is 1. The zero-order chi connectivity index (χ0) is 15.7. The molecule has 1 N–H and O–H groups in total. The van der Waals surface area contributed by atoms with E-state index in [0.717, 1.165) is 12.3 Å². The Morgan fingerprint density at radius 1 is 1.33 bits per heavy atom. The van der Waals surface area contributed by atoms with Crippen molar-refractivity contribution in [1.82, 2.24) is 10.3 Å². The van der Waals surface area contributed by atoms with Crippen molar-refractivity contribution in [2.75, 3.05) is 18.1 Å². The Hall–Kier alpha value is -0.0600. The molecule has 0 amide bonds. The zero-order valence-corrected chi connectivity index (χ0v) is 16.0. The topological polar surface area (TPSA) is 24.9 Å². The molecule has 1 saturated heterocycles. The maximum atomic E-state index is 5.07. The lowest BCUT2D eigenvalue weighted by molar-refractivity contribution is 0.128. The molecule has 4 heteroatoms. The fourth-order valence-electron chi connectivity index (χ4n) is 2.83. The number of nitrogens with one attached hydrogen (secondary N) is 1. The van der Waals surface area contributed by atoms with Gasteiger partial charge in [-0.15, -0.1) is 11.3 Å². The first-order valence-corrected chi connectivity index (χ1v) is 10.1. The summed E-state index contributed by atoms with van der Waals surface area (Å²) in [5, 5.41) is 7.44. The number of hydrogen-bond donors (Lipinski definition) is 1. The molecule has 1 aliphatic rings. The van der Waals surface area contributed by atoms with Crippen LogP contribution in [0.1, 0.15) is 65.1 Å². The molecule has 0 radical (unpaired) electrons. The van der Waals surface area contributed by atoms with Gasteiger partial charge in [-0.25, -0.2) is 4.98 Å². The lowest BCUT2D eigenvalue weighted by Crippen LogP contribution is -2.57. The summed E-state index contributed by atoms with van der Waals surface area (Å²) in [4.78, 5) is 5.07. The van der Waals surface area contributed by atoms with Crippen LogP contribution in [0.3, 0.4) is 0 Å². The average Bonchev–Trinajstić information content (AvgIpc) is 2.87. The Morgan fingerprint density at radius 3 is 2.57 bits per heavy atom. The van der Waals surface area contributed by atoms with Crippen molar-refractivity contribution in [3.63, 3.8) is 0 Å². The Kier molecular flexibility index (Phi) is 5.11. The summed E-state index contributed by atoms with van der Waals surface area (Å²) in [5.41, 5.74) is 1.64. The first-order chi connectivity index (χ1) is 9.73. The van der Waals surface area contributed by atoms with Crippen molar-refractivity contribution in [2.24, 2.45) is 5.41 Å². The molecular weight excluding hydrogens is 296 g/mol. The predicted octanol–water partition coefficient (Wildman–Crippen LogP) is 4.80. The van der Waals surface area contributed by atoms with Crippen LogP contribution in [-0.4, -0.2) is 23.0 Å². The molecule has 0 aromatic carbocycles. The Bertz CT molecular complexity index is 473. The van der Waals surface area contributed by atoms with E-state index in [9.17, 15) is 0 Å². The van der Waals surface area contributed by atoms with Gasteiger partial charge in [0.2, 0.25) is 0 Å². The summed E-state index contributed by atoms with van der Waals surface area (Å²) >= 11 is 3.92. The predicted molar refractivity (Wildman–Crippen MR) is 96.5 cm³/mol. The number of hydrogen-bond acceptors (Lipinski definition) is 4. The van der Waals surface area contributed by atoms with Crippen molar-refractivity contribution in [1.29, 1.82) is 0 Å². The Balaban J connectivity index is 2.42. The average molecular weight is 327 g/mol. The summed E-state index contributed by atoms with van der Waals surface area (Å²) in [5.74, 6) is 2.40. The van der Waals surface area contributed by atoms with Crippen molar-refractivity contribution < 1.29 is 0 Å². The van der Waals surface area contributed by atoms with Crippen molar-refractivity contribution in [2.45, 2.75) is 65.3 Å².